The van der Waals surface area contributed by atoms with E-state index in [4.69, 9.17) is 5.14 Å². The molecule has 122 valence electrons. The highest BCUT2D eigenvalue weighted by atomic mass is 32.2. The molecule has 2 aromatic rings. The molecule has 3 N–H and O–H groups in total. The molecule has 1 aliphatic rings. The van der Waals surface area contributed by atoms with Crippen molar-refractivity contribution in [3.8, 4) is 11.1 Å². The van der Waals surface area contributed by atoms with Crippen LogP contribution in [-0.2, 0) is 14.8 Å². The van der Waals surface area contributed by atoms with E-state index >= 15 is 0 Å². The summed E-state index contributed by atoms with van der Waals surface area (Å²) in [4.78, 5) is 13.8. The molecular weight excluding hydrogens is 316 g/mol. The van der Waals surface area contributed by atoms with Crippen molar-refractivity contribution in [1.29, 1.82) is 0 Å². The highest BCUT2D eigenvalue weighted by Crippen LogP contribution is 2.35. The Balaban J connectivity index is 1.93. The molecule has 1 saturated heterocycles. The lowest BCUT2D eigenvalue weighted by Gasteiger charge is -2.16. The molecule has 1 atom stereocenters. The van der Waals surface area contributed by atoms with Gasteiger partial charge in [0.1, 0.15) is 0 Å². The van der Waals surface area contributed by atoms with Gasteiger partial charge < -0.3 is 0 Å². The second-order valence-corrected chi connectivity index (χ2v) is 7.48. The number of carbonyl (C=O) groups excluding carboxylic acids is 1. The van der Waals surface area contributed by atoms with Crippen molar-refractivity contribution in [2.45, 2.75) is 13.3 Å². The van der Waals surface area contributed by atoms with Crippen LogP contribution in [0.4, 0.5) is 5.82 Å². The van der Waals surface area contributed by atoms with E-state index < -0.39 is 10.0 Å². The number of aromatic nitrogens is 2. The lowest BCUT2D eigenvalue weighted by Crippen LogP contribution is -2.28. The van der Waals surface area contributed by atoms with E-state index in [1.54, 1.807) is 4.90 Å². The molecule has 8 heteroatoms. The third-order valence-corrected chi connectivity index (χ3v) is 4.86. The Kier molecular flexibility index (Phi) is 3.95. The summed E-state index contributed by atoms with van der Waals surface area (Å²) in [6.45, 7) is 2.20. The molecule has 0 aliphatic carbocycles. The number of hydrogen-bond acceptors (Lipinski definition) is 4. The van der Waals surface area contributed by atoms with E-state index in [2.05, 4.69) is 10.2 Å². The van der Waals surface area contributed by atoms with Gasteiger partial charge in [-0.05, 0) is 12.5 Å². The number of carbonyl (C=O) groups is 1. The van der Waals surface area contributed by atoms with E-state index in [9.17, 15) is 13.2 Å². The fourth-order valence-corrected chi connectivity index (χ4v) is 3.87. The number of aryl methyl sites for hydroxylation is 1. The summed E-state index contributed by atoms with van der Waals surface area (Å²) in [5.41, 5.74) is 2.67. The number of amides is 1. The first-order valence-corrected chi connectivity index (χ1v) is 8.98. The van der Waals surface area contributed by atoms with Gasteiger partial charge in [0.25, 0.3) is 0 Å². The Labute approximate surface area is 134 Å². The average Bonchev–Trinajstić information content (AvgIpc) is 3.01. The molecule has 1 fully saturated rings. The van der Waals surface area contributed by atoms with Crippen LogP contribution in [0.2, 0.25) is 0 Å². The molecule has 1 aromatic heterocycles. The van der Waals surface area contributed by atoms with Gasteiger partial charge in [-0.3, -0.25) is 14.8 Å². The zero-order valence-corrected chi connectivity index (χ0v) is 13.5. The molecular formula is C15H18N4O3S. The first kappa shape index (κ1) is 15.7. The molecule has 2 heterocycles. The van der Waals surface area contributed by atoms with Crippen molar-refractivity contribution < 1.29 is 13.2 Å². The first-order chi connectivity index (χ1) is 10.8. The van der Waals surface area contributed by atoms with Crippen LogP contribution in [0.3, 0.4) is 0 Å². The van der Waals surface area contributed by atoms with E-state index in [1.807, 2.05) is 37.3 Å². The van der Waals surface area contributed by atoms with Gasteiger partial charge in [0.05, 0.1) is 5.75 Å². The molecule has 0 radical (unpaired) electrons. The predicted molar refractivity (Wildman–Crippen MR) is 87.2 cm³/mol. The largest absolute Gasteiger partial charge is 0.294 e. The summed E-state index contributed by atoms with van der Waals surface area (Å²) in [5.74, 6) is -0.102. The Morgan fingerprint density at radius 2 is 2.04 bits per heavy atom. The standard InChI is InChI=1S/C15H18N4O3S/c1-10-14(12-5-3-2-4-6-12)15(18-17-10)19-8-11(7-13(19)20)9-23(16,21)22/h2-6,11H,7-9H2,1H3,(H,17,18)(H2,16,21,22). The molecule has 0 saturated carbocycles. The number of anilines is 1. The van der Waals surface area contributed by atoms with Crippen LogP contribution >= 0.6 is 0 Å². The number of nitrogens with zero attached hydrogens (tertiary/aromatic N) is 2. The van der Waals surface area contributed by atoms with Crippen LogP contribution in [0.1, 0.15) is 12.1 Å². The van der Waals surface area contributed by atoms with E-state index in [1.165, 1.54) is 0 Å². The molecule has 7 nitrogen and oxygen atoms in total. The fourth-order valence-electron chi connectivity index (χ4n) is 2.99. The van der Waals surface area contributed by atoms with E-state index in [-0.39, 0.29) is 24.0 Å². The van der Waals surface area contributed by atoms with Crippen LogP contribution in [0.15, 0.2) is 30.3 Å². The molecule has 0 bridgehead atoms. The Morgan fingerprint density at radius 3 is 2.70 bits per heavy atom. The van der Waals surface area contributed by atoms with Crippen LogP contribution in [0.25, 0.3) is 11.1 Å². The number of hydrogen-bond donors (Lipinski definition) is 2. The monoisotopic (exact) mass is 334 g/mol. The topological polar surface area (TPSA) is 109 Å². The number of nitrogens with two attached hydrogens (primary N) is 1. The number of aromatic amines is 1. The first-order valence-electron chi connectivity index (χ1n) is 7.26. The normalized spacial score (nSPS) is 18.6. The van der Waals surface area contributed by atoms with Crippen LogP contribution in [-0.4, -0.2) is 36.8 Å². The molecule has 3 rings (SSSR count). The highest BCUT2D eigenvalue weighted by Gasteiger charge is 2.35. The zero-order valence-electron chi connectivity index (χ0n) is 12.7. The summed E-state index contributed by atoms with van der Waals surface area (Å²) in [5, 5.41) is 12.3. The minimum Gasteiger partial charge on any atom is -0.294 e. The minimum atomic E-state index is -3.60. The maximum Gasteiger partial charge on any atom is 0.228 e. The van der Waals surface area contributed by atoms with E-state index in [0.29, 0.717) is 12.4 Å². The summed E-state index contributed by atoms with van der Waals surface area (Å²) in [6, 6.07) is 9.65. The van der Waals surface area contributed by atoms with Crippen molar-refractivity contribution in [2.24, 2.45) is 11.1 Å². The zero-order chi connectivity index (χ0) is 16.6. The van der Waals surface area contributed by atoms with Gasteiger partial charge >= 0.3 is 0 Å². The van der Waals surface area contributed by atoms with Gasteiger partial charge in [0.15, 0.2) is 5.82 Å². The van der Waals surface area contributed by atoms with Gasteiger partial charge in [0.2, 0.25) is 15.9 Å². The number of rotatable bonds is 4. The second-order valence-electron chi connectivity index (χ2n) is 5.82. The van der Waals surface area contributed by atoms with Crippen molar-refractivity contribution >= 4 is 21.7 Å². The number of primary sulfonamides is 1. The highest BCUT2D eigenvalue weighted by molar-refractivity contribution is 7.89. The SMILES string of the molecule is Cc1[nH]nc(N2CC(CS(N)(=O)=O)CC2=O)c1-c1ccccc1. The Morgan fingerprint density at radius 1 is 1.35 bits per heavy atom. The van der Waals surface area contributed by atoms with Gasteiger partial charge in [-0.15, -0.1) is 0 Å². The molecule has 1 unspecified atom stereocenters. The third-order valence-electron chi connectivity index (χ3n) is 3.92. The van der Waals surface area contributed by atoms with Gasteiger partial charge in [-0.25, -0.2) is 13.6 Å². The fraction of sp³-hybridized carbons (Fsp3) is 0.333. The molecule has 23 heavy (non-hydrogen) atoms. The van der Waals surface area contributed by atoms with Crippen LogP contribution < -0.4 is 10.0 Å². The Bertz CT molecular complexity index is 830. The maximum absolute atomic E-state index is 12.3. The smallest absolute Gasteiger partial charge is 0.228 e. The molecule has 1 aromatic carbocycles. The van der Waals surface area contributed by atoms with Crippen molar-refractivity contribution in [3.05, 3.63) is 36.0 Å². The summed E-state index contributed by atoms with van der Waals surface area (Å²) >= 11 is 0. The number of sulfonamides is 1. The quantitative estimate of drug-likeness (QED) is 0.870. The molecule has 1 aliphatic heterocycles. The second kappa shape index (κ2) is 5.78. The lowest BCUT2D eigenvalue weighted by atomic mass is 10.1. The van der Waals surface area contributed by atoms with Crippen molar-refractivity contribution in [1.82, 2.24) is 10.2 Å². The van der Waals surface area contributed by atoms with Crippen LogP contribution in [0, 0.1) is 12.8 Å². The lowest BCUT2D eigenvalue weighted by molar-refractivity contribution is -0.117. The van der Waals surface area contributed by atoms with Crippen molar-refractivity contribution in [2.75, 3.05) is 17.2 Å². The van der Waals surface area contributed by atoms with Crippen molar-refractivity contribution in [3.63, 3.8) is 0 Å². The van der Waals surface area contributed by atoms with Crippen LogP contribution in [0.5, 0.6) is 0 Å². The molecule has 1 amide bonds. The van der Waals surface area contributed by atoms with E-state index in [0.717, 1.165) is 16.8 Å². The van der Waals surface area contributed by atoms with Gasteiger partial charge in [0, 0.05) is 30.1 Å². The molecule has 0 spiro atoms. The van der Waals surface area contributed by atoms with Gasteiger partial charge in [-0.2, -0.15) is 5.10 Å². The third kappa shape index (κ3) is 3.27. The number of nitrogens with one attached hydrogen (secondary N) is 1. The summed E-state index contributed by atoms with van der Waals surface area (Å²) in [7, 11) is -3.60. The average molecular weight is 334 g/mol. The minimum absolute atomic E-state index is 0.137. The number of benzene rings is 1. The van der Waals surface area contributed by atoms with Gasteiger partial charge in [-0.1, -0.05) is 30.3 Å². The summed E-state index contributed by atoms with van der Waals surface area (Å²) < 4.78 is 22.5. The number of H-pyrrole nitrogens is 1. The predicted octanol–water partition coefficient (Wildman–Crippen LogP) is 1.03. The summed E-state index contributed by atoms with van der Waals surface area (Å²) in [6.07, 6.45) is 0.163. The Hall–Kier alpha value is -2.19. The maximum atomic E-state index is 12.3.